The fraction of sp³-hybridized carbons (Fsp3) is 0.417. The SMILES string of the molecule is CC(C)C(=O)N(c1cnn2ccc(N3CCC[C@@H]3c3cc(F)ccc3F)nc12)C(C)(C)C(N)=O. The average Bonchev–Trinajstić information content (AvgIpc) is 3.42. The molecule has 2 N–H and O–H groups in total. The van der Waals surface area contributed by atoms with E-state index >= 15 is 0 Å². The number of primary amides is 1. The summed E-state index contributed by atoms with van der Waals surface area (Å²) in [4.78, 5) is 33.4. The van der Waals surface area contributed by atoms with Gasteiger partial charge in [0.15, 0.2) is 5.65 Å². The van der Waals surface area contributed by atoms with Crippen molar-refractivity contribution in [2.75, 3.05) is 16.3 Å². The van der Waals surface area contributed by atoms with E-state index in [0.717, 1.165) is 18.6 Å². The Kier molecular flexibility index (Phi) is 6.01. The van der Waals surface area contributed by atoms with E-state index in [0.29, 0.717) is 30.1 Å². The zero-order valence-corrected chi connectivity index (χ0v) is 19.6. The van der Waals surface area contributed by atoms with Crippen molar-refractivity contribution in [2.24, 2.45) is 11.7 Å². The quantitative estimate of drug-likeness (QED) is 0.594. The molecule has 34 heavy (non-hydrogen) atoms. The van der Waals surface area contributed by atoms with E-state index in [1.165, 1.54) is 21.7 Å². The monoisotopic (exact) mass is 470 g/mol. The highest BCUT2D eigenvalue weighted by Crippen LogP contribution is 2.38. The first-order chi connectivity index (χ1) is 16.0. The van der Waals surface area contributed by atoms with Crippen molar-refractivity contribution in [1.82, 2.24) is 14.6 Å². The third-order valence-electron chi connectivity index (χ3n) is 6.32. The Hall–Kier alpha value is -3.56. The molecule has 0 unspecified atom stereocenters. The molecule has 4 rings (SSSR count). The molecule has 1 aliphatic rings. The topological polar surface area (TPSA) is 96.8 Å². The summed E-state index contributed by atoms with van der Waals surface area (Å²) in [5.41, 5.74) is 5.29. The lowest BCUT2D eigenvalue weighted by atomic mass is 9.99. The molecule has 0 spiro atoms. The second-order valence-corrected chi connectivity index (χ2v) is 9.35. The highest BCUT2D eigenvalue weighted by Gasteiger charge is 2.40. The fourth-order valence-corrected chi connectivity index (χ4v) is 4.36. The molecule has 0 bridgehead atoms. The van der Waals surface area contributed by atoms with E-state index in [-0.39, 0.29) is 17.5 Å². The van der Waals surface area contributed by atoms with Crippen molar-refractivity contribution in [3.8, 4) is 0 Å². The van der Waals surface area contributed by atoms with Gasteiger partial charge in [0.05, 0.1) is 12.2 Å². The molecular formula is C24H28F2N6O2. The molecule has 8 nitrogen and oxygen atoms in total. The van der Waals surface area contributed by atoms with Crippen LogP contribution in [0.15, 0.2) is 36.7 Å². The van der Waals surface area contributed by atoms with Gasteiger partial charge in [0.1, 0.15) is 28.7 Å². The first-order valence-electron chi connectivity index (χ1n) is 11.2. The van der Waals surface area contributed by atoms with E-state index in [1.807, 2.05) is 4.90 Å². The number of hydrogen-bond donors (Lipinski definition) is 1. The lowest BCUT2D eigenvalue weighted by Gasteiger charge is -2.36. The Labute approximate surface area is 196 Å². The molecule has 1 fully saturated rings. The van der Waals surface area contributed by atoms with Gasteiger partial charge in [0, 0.05) is 24.2 Å². The summed E-state index contributed by atoms with van der Waals surface area (Å²) in [5, 5.41) is 4.30. The van der Waals surface area contributed by atoms with Crippen LogP contribution in [0.2, 0.25) is 0 Å². The third kappa shape index (κ3) is 3.97. The second kappa shape index (κ2) is 8.66. The number of anilines is 2. The van der Waals surface area contributed by atoms with E-state index in [9.17, 15) is 18.4 Å². The molecular weight excluding hydrogens is 442 g/mol. The summed E-state index contributed by atoms with van der Waals surface area (Å²) in [5.74, 6) is -1.81. The number of carbonyl (C=O) groups excluding carboxylic acids is 2. The minimum absolute atomic E-state index is 0.277. The second-order valence-electron chi connectivity index (χ2n) is 9.35. The molecule has 1 atom stereocenters. The molecule has 1 aromatic carbocycles. The van der Waals surface area contributed by atoms with E-state index in [4.69, 9.17) is 10.7 Å². The number of nitrogens with two attached hydrogens (primary N) is 1. The van der Waals surface area contributed by atoms with Crippen LogP contribution in [0.25, 0.3) is 5.65 Å². The minimum Gasteiger partial charge on any atom is -0.368 e. The van der Waals surface area contributed by atoms with Crippen LogP contribution >= 0.6 is 0 Å². The molecule has 0 saturated carbocycles. The third-order valence-corrected chi connectivity index (χ3v) is 6.32. The normalized spacial score (nSPS) is 16.4. The summed E-state index contributed by atoms with van der Waals surface area (Å²) in [6.07, 6.45) is 4.59. The number of carbonyl (C=O) groups is 2. The van der Waals surface area contributed by atoms with Crippen LogP contribution in [0.4, 0.5) is 20.3 Å². The Morgan fingerprint density at radius 2 is 1.97 bits per heavy atom. The summed E-state index contributed by atoms with van der Waals surface area (Å²) in [6, 6.07) is 4.82. The molecule has 0 aliphatic carbocycles. The lowest BCUT2D eigenvalue weighted by Crippen LogP contribution is -2.57. The number of halogens is 2. The number of hydrogen-bond acceptors (Lipinski definition) is 5. The van der Waals surface area contributed by atoms with Crippen molar-refractivity contribution in [3.05, 3.63) is 53.9 Å². The van der Waals surface area contributed by atoms with Crippen LogP contribution in [0.1, 0.15) is 52.1 Å². The number of fused-ring (bicyclic) bond motifs is 1. The van der Waals surface area contributed by atoms with Gasteiger partial charge < -0.3 is 10.6 Å². The zero-order chi connectivity index (χ0) is 24.8. The largest absolute Gasteiger partial charge is 0.368 e. The van der Waals surface area contributed by atoms with Crippen molar-refractivity contribution in [1.29, 1.82) is 0 Å². The summed E-state index contributed by atoms with van der Waals surface area (Å²) >= 11 is 0. The predicted molar refractivity (Wildman–Crippen MR) is 124 cm³/mol. The van der Waals surface area contributed by atoms with Crippen LogP contribution in [-0.4, -0.2) is 38.5 Å². The van der Waals surface area contributed by atoms with E-state index in [2.05, 4.69) is 5.10 Å². The summed E-state index contributed by atoms with van der Waals surface area (Å²) < 4.78 is 29.9. The Morgan fingerprint density at radius 3 is 2.65 bits per heavy atom. The molecule has 180 valence electrons. The molecule has 3 aromatic rings. The van der Waals surface area contributed by atoms with Crippen LogP contribution in [0.3, 0.4) is 0 Å². The Morgan fingerprint density at radius 1 is 1.24 bits per heavy atom. The molecule has 2 aromatic heterocycles. The maximum atomic E-state index is 14.5. The van der Waals surface area contributed by atoms with Gasteiger partial charge in [0.2, 0.25) is 11.8 Å². The molecule has 0 radical (unpaired) electrons. The molecule has 10 heteroatoms. The smallest absolute Gasteiger partial charge is 0.243 e. The van der Waals surface area contributed by atoms with E-state index < -0.39 is 29.0 Å². The zero-order valence-electron chi connectivity index (χ0n) is 19.6. The van der Waals surface area contributed by atoms with Gasteiger partial charge in [-0.25, -0.2) is 18.3 Å². The van der Waals surface area contributed by atoms with Crippen molar-refractivity contribution < 1.29 is 18.4 Å². The van der Waals surface area contributed by atoms with Crippen LogP contribution in [0.5, 0.6) is 0 Å². The van der Waals surface area contributed by atoms with Crippen molar-refractivity contribution in [3.63, 3.8) is 0 Å². The fourth-order valence-electron chi connectivity index (χ4n) is 4.36. The van der Waals surface area contributed by atoms with Crippen LogP contribution in [0, 0.1) is 17.6 Å². The van der Waals surface area contributed by atoms with Crippen molar-refractivity contribution >= 4 is 29.0 Å². The average molecular weight is 471 g/mol. The number of nitrogens with zero attached hydrogens (tertiary/aromatic N) is 5. The minimum atomic E-state index is -1.33. The maximum Gasteiger partial charge on any atom is 0.243 e. The highest BCUT2D eigenvalue weighted by molar-refractivity contribution is 6.05. The number of rotatable bonds is 6. The standard InChI is InChI=1S/C24H28F2N6O2/c1-14(2)22(33)32(24(3,4)23(27)34)19-13-28-31-11-9-20(29-21(19)31)30-10-5-6-18(30)16-12-15(25)7-8-17(16)26/h7-9,11-14,18H,5-6,10H2,1-4H3,(H2,27,34)/t18-/m1/s1. The van der Waals surface area contributed by atoms with Gasteiger partial charge in [-0.2, -0.15) is 5.10 Å². The van der Waals surface area contributed by atoms with Gasteiger partial charge in [0.25, 0.3) is 0 Å². The number of aromatic nitrogens is 3. The molecule has 1 saturated heterocycles. The Bertz CT molecular complexity index is 1260. The first kappa shape index (κ1) is 23.6. The summed E-state index contributed by atoms with van der Waals surface area (Å²) in [7, 11) is 0. The molecule has 1 aliphatic heterocycles. The molecule has 2 amide bonds. The maximum absolute atomic E-state index is 14.5. The predicted octanol–water partition coefficient (Wildman–Crippen LogP) is 3.60. The molecule has 3 heterocycles. The Balaban J connectivity index is 1.81. The van der Waals surface area contributed by atoms with Gasteiger partial charge in [-0.05, 0) is 51.0 Å². The van der Waals surface area contributed by atoms with Gasteiger partial charge in [-0.3, -0.25) is 14.5 Å². The van der Waals surface area contributed by atoms with Crippen LogP contribution in [-0.2, 0) is 9.59 Å². The van der Waals surface area contributed by atoms with Crippen LogP contribution < -0.4 is 15.5 Å². The van der Waals surface area contributed by atoms with Gasteiger partial charge in [-0.1, -0.05) is 13.8 Å². The number of amides is 2. The number of benzene rings is 1. The highest BCUT2D eigenvalue weighted by atomic mass is 19.1. The lowest BCUT2D eigenvalue weighted by molar-refractivity contribution is -0.128. The first-order valence-corrected chi connectivity index (χ1v) is 11.2. The van der Waals surface area contributed by atoms with Gasteiger partial charge in [-0.15, -0.1) is 0 Å². The van der Waals surface area contributed by atoms with E-state index in [1.54, 1.807) is 40.0 Å². The van der Waals surface area contributed by atoms with Crippen molar-refractivity contribution in [2.45, 2.75) is 52.1 Å². The van der Waals surface area contributed by atoms with Gasteiger partial charge >= 0.3 is 0 Å². The summed E-state index contributed by atoms with van der Waals surface area (Å²) in [6.45, 7) is 7.23.